The van der Waals surface area contributed by atoms with Crippen LogP contribution < -0.4 is 4.72 Å². The molecule has 0 amide bonds. The number of sulfonamides is 1. The summed E-state index contributed by atoms with van der Waals surface area (Å²) in [5, 5.41) is 0.322. The standard InChI is InChI=1S/C23H22ClN3O3S2/c1-2-26(15-17-8-4-3-5-9-17)16-27-21-14-18(12-13-22(21)30-23(27)31)32(28,29)25-20-11-7-6-10-19(20)24/h3-14,25H,2,15-16H2,1H3. The van der Waals surface area contributed by atoms with Gasteiger partial charge in [-0.3, -0.25) is 14.2 Å². The first kappa shape index (κ1) is 22.5. The quantitative estimate of drug-likeness (QED) is 0.313. The van der Waals surface area contributed by atoms with Crippen LogP contribution in [0.1, 0.15) is 12.5 Å². The molecule has 1 N–H and O–H groups in total. The van der Waals surface area contributed by atoms with Gasteiger partial charge in [-0.05, 0) is 54.7 Å². The Kier molecular flexibility index (Phi) is 6.66. The summed E-state index contributed by atoms with van der Waals surface area (Å²) >= 11 is 11.5. The smallest absolute Gasteiger partial charge is 0.270 e. The highest BCUT2D eigenvalue weighted by molar-refractivity contribution is 7.92. The van der Waals surface area contributed by atoms with Crippen molar-refractivity contribution in [3.63, 3.8) is 0 Å². The van der Waals surface area contributed by atoms with Gasteiger partial charge < -0.3 is 4.42 Å². The van der Waals surface area contributed by atoms with Crippen molar-refractivity contribution in [1.82, 2.24) is 9.47 Å². The lowest BCUT2D eigenvalue weighted by Gasteiger charge is -2.21. The van der Waals surface area contributed by atoms with Crippen LogP contribution in [-0.2, 0) is 23.2 Å². The number of anilines is 1. The summed E-state index contributed by atoms with van der Waals surface area (Å²) in [7, 11) is -3.85. The Morgan fingerprint density at radius 2 is 1.78 bits per heavy atom. The molecule has 3 aromatic carbocycles. The molecule has 0 spiro atoms. The Bertz CT molecular complexity index is 1400. The van der Waals surface area contributed by atoms with E-state index in [0.29, 0.717) is 33.3 Å². The third-order valence-corrected chi connectivity index (χ3v) is 7.10. The van der Waals surface area contributed by atoms with Crippen molar-refractivity contribution in [1.29, 1.82) is 0 Å². The first-order valence-electron chi connectivity index (χ1n) is 10.0. The zero-order chi connectivity index (χ0) is 22.7. The van der Waals surface area contributed by atoms with Gasteiger partial charge in [0, 0.05) is 6.54 Å². The molecule has 4 rings (SSSR count). The number of nitrogens with zero attached hydrogens (tertiary/aromatic N) is 2. The second-order valence-corrected chi connectivity index (χ2v) is 9.72. The molecule has 0 bridgehead atoms. The van der Waals surface area contributed by atoms with Crippen LogP contribution in [0.4, 0.5) is 5.69 Å². The van der Waals surface area contributed by atoms with E-state index in [2.05, 4.69) is 28.7 Å². The first-order valence-corrected chi connectivity index (χ1v) is 12.3. The van der Waals surface area contributed by atoms with Gasteiger partial charge in [0.25, 0.3) is 14.9 Å². The lowest BCUT2D eigenvalue weighted by atomic mass is 10.2. The van der Waals surface area contributed by atoms with Crippen LogP contribution in [0.3, 0.4) is 0 Å². The summed E-state index contributed by atoms with van der Waals surface area (Å²) in [6, 6.07) is 21.5. The van der Waals surface area contributed by atoms with Crippen LogP contribution >= 0.6 is 23.8 Å². The number of oxazole rings is 1. The number of rotatable bonds is 8. The molecule has 4 aromatic rings. The van der Waals surface area contributed by atoms with E-state index in [9.17, 15) is 8.42 Å². The van der Waals surface area contributed by atoms with Crippen molar-refractivity contribution >= 4 is 50.6 Å². The van der Waals surface area contributed by atoms with Gasteiger partial charge in [-0.1, -0.05) is 61.0 Å². The monoisotopic (exact) mass is 487 g/mol. The number of para-hydroxylation sites is 1. The molecule has 1 aromatic heterocycles. The Morgan fingerprint density at radius 3 is 2.50 bits per heavy atom. The highest BCUT2D eigenvalue weighted by Gasteiger charge is 2.19. The van der Waals surface area contributed by atoms with Crippen LogP contribution in [0.5, 0.6) is 0 Å². The molecule has 0 aliphatic heterocycles. The zero-order valence-corrected chi connectivity index (χ0v) is 19.8. The number of benzene rings is 3. The second kappa shape index (κ2) is 9.46. The predicted molar refractivity (Wildman–Crippen MR) is 130 cm³/mol. The minimum atomic E-state index is -3.85. The molecular formula is C23H22ClN3O3S2. The van der Waals surface area contributed by atoms with Gasteiger partial charge in [-0.2, -0.15) is 0 Å². The number of hydrogen-bond acceptors (Lipinski definition) is 5. The SMILES string of the molecule is CCN(Cc1ccccc1)Cn1c(=S)oc2ccc(S(=O)(=O)Nc3ccccc3Cl)cc21. The summed E-state index contributed by atoms with van der Waals surface area (Å²) in [6.07, 6.45) is 0. The van der Waals surface area contributed by atoms with Crippen LogP contribution in [0.25, 0.3) is 11.1 Å². The molecule has 0 radical (unpaired) electrons. The molecule has 1 heterocycles. The minimum absolute atomic E-state index is 0.0978. The molecule has 0 aliphatic carbocycles. The Balaban J connectivity index is 1.66. The second-order valence-electron chi connectivity index (χ2n) is 7.28. The third-order valence-electron chi connectivity index (χ3n) is 5.10. The van der Waals surface area contributed by atoms with Crippen LogP contribution in [-0.4, -0.2) is 24.4 Å². The number of aromatic nitrogens is 1. The summed E-state index contributed by atoms with van der Waals surface area (Å²) in [5.41, 5.74) is 2.64. The average molecular weight is 488 g/mol. The van der Waals surface area contributed by atoms with Gasteiger partial charge in [0.05, 0.1) is 27.8 Å². The van der Waals surface area contributed by atoms with E-state index in [1.165, 1.54) is 11.6 Å². The summed E-state index contributed by atoms with van der Waals surface area (Å²) in [6.45, 7) is 4.06. The fraction of sp³-hybridized carbons (Fsp3) is 0.174. The summed E-state index contributed by atoms with van der Waals surface area (Å²) in [5.74, 6) is 0. The molecule has 0 fully saturated rings. The van der Waals surface area contributed by atoms with Gasteiger partial charge in [0.2, 0.25) is 0 Å². The van der Waals surface area contributed by atoms with Crippen molar-refractivity contribution in [2.24, 2.45) is 0 Å². The van der Waals surface area contributed by atoms with E-state index in [0.717, 1.165) is 13.1 Å². The fourth-order valence-corrected chi connectivity index (χ4v) is 4.98. The molecule has 0 saturated heterocycles. The largest absolute Gasteiger partial charge is 0.429 e. The number of hydrogen-bond donors (Lipinski definition) is 1. The summed E-state index contributed by atoms with van der Waals surface area (Å²) < 4.78 is 36.0. The van der Waals surface area contributed by atoms with Crippen molar-refractivity contribution in [2.45, 2.75) is 25.0 Å². The number of halogens is 1. The zero-order valence-electron chi connectivity index (χ0n) is 17.4. The minimum Gasteiger partial charge on any atom is -0.429 e. The van der Waals surface area contributed by atoms with E-state index in [-0.39, 0.29) is 4.90 Å². The molecule has 32 heavy (non-hydrogen) atoms. The first-order chi connectivity index (χ1) is 15.4. The van der Waals surface area contributed by atoms with E-state index in [1.54, 1.807) is 36.4 Å². The van der Waals surface area contributed by atoms with Gasteiger partial charge >= 0.3 is 0 Å². The number of fused-ring (bicyclic) bond motifs is 1. The molecule has 0 saturated carbocycles. The van der Waals surface area contributed by atoms with Gasteiger partial charge in [-0.15, -0.1) is 0 Å². The maximum atomic E-state index is 13.0. The van der Waals surface area contributed by atoms with Crippen molar-refractivity contribution in [3.05, 3.63) is 88.2 Å². The third kappa shape index (κ3) is 4.88. The molecule has 6 nitrogen and oxygen atoms in total. The molecule has 0 aliphatic rings. The van der Waals surface area contributed by atoms with Crippen LogP contribution in [0.2, 0.25) is 5.02 Å². The van der Waals surface area contributed by atoms with Gasteiger partial charge in [0.1, 0.15) is 0 Å². The maximum absolute atomic E-state index is 13.0. The predicted octanol–water partition coefficient (Wildman–Crippen LogP) is 5.90. The normalized spacial score (nSPS) is 11.8. The molecular weight excluding hydrogens is 466 g/mol. The lowest BCUT2D eigenvalue weighted by Crippen LogP contribution is -2.25. The maximum Gasteiger partial charge on any atom is 0.270 e. The molecule has 0 unspecified atom stereocenters. The topological polar surface area (TPSA) is 67.5 Å². The fourth-order valence-electron chi connectivity index (χ4n) is 3.39. The highest BCUT2D eigenvalue weighted by atomic mass is 35.5. The Hall–Kier alpha value is -2.65. The van der Waals surface area contributed by atoms with Gasteiger partial charge in [0.15, 0.2) is 5.58 Å². The summed E-state index contributed by atoms with van der Waals surface area (Å²) in [4.78, 5) is 2.59. The van der Waals surface area contributed by atoms with Gasteiger partial charge in [-0.25, -0.2) is 8.42 Å². The molecule has 9 heteroatoms. The van der Waals surface area contributed by atoms with Crippen molar-refractivity contribution in [3.8, 4) is 0 Å². The molecule has 0 atom stereocenters. The van der Waals surface area contributed by atoms with E-state index >= 15 is 0 Å². The highest BCUT2D eigenvalue weighted by Crippen LogP contribution is 2.27. The molecule has 166 valence electrons. The van der Waals surface area contributed by atoms with Crippen LogP contribution in [0.15, 0.2) is 82.1 Å². The lowest BCUT2D eigenvalue weighted by molar-refractivity contribution is 0.219. The van der Waals surface area contributed by atoms with Crippen molar-refractivity contribution < 1.29 is 12.8 Å². The van der Waals surface area contributed by atoms with E-state index in [4.69, 9.17) is 28.2 Å². The van der Waals surface area contributed by atoms with E-state index < -0.39 is 10.0 Å². The average Bonchev–Trinajstić information content (AvgIpc) is 3.09. The Morgan fingerprint density at radius 1 is 1.06 bits per heavy atom. The number of nitrogens with one attached hydrogen (secondary N) is 1. The van der Waals surface area contributed by atoms with Crippen molar-refractivity contribution in [2.75, 3.05) is 11.3 Å². The van der Waals surface area contributed by atoms with E-state index in [1.807, 2.05) is 22.8 Å². The van der Waals surface area contributed by atoms with Crippen LogP contribution in [0, 0.1) is 4.84 Å². The Labute approximate surface area is 197 Å².